The molecule has 5 aromatic rings. The van der Waals surface area contributed by atoms with Gasteiger partial charge in [0.25, 0.3) is 5.91 Å². The van der Waals surface area contributed by atoms with E-state index < -0.39 is 0 Å². The number of benzene rings is 4. The summed E-state index contributed by atoms with van der Waals surface area (Å²) in [7, 11) is 0. The summed E-state index contributed by atoms with van der Waals surface area (Å²) < 4.78 is 7.01. The Labute approximate surface area is 225 Å². The van der Waals surface area contributed by atoms with Crippen LogP contribution in [-0.2, 0) is 6.42 Å². The predicted molar refractivity (Wildman–Crippen MR) is 156 cm³/mol. The van der Waals surface area contributed by atoms with E-state index in [1.54, 1.807) is 29.5 Å². The molecule has 0 atom stereocenters. The molecule has 4 aromatic carbocycles. The van der Waals surface area contributed by atoms with Gasteiger partial charge in [-0.05, 0) is 84.9 Å². The van der Waals surface area contributed by atoms with Gasteiger partial charge in [-0.3, -0.25) is 10.1 Å². The van der Waals surface area contributed by atoms with Crippen LogP contribution in [0.4, 0.5) is 5.69 Å². The number of anilines is 1. The van der Waals surface area contributed by atoms with Crippen LogP contribution >= 0.6 is 23.6 Å². The fraction of sp³-hybridized carbons (Fsp3) is 0.100. The van der Waals surface area contributed by atoms with Crippen molar-refractivity contribution in [3.8, 4) is 16.3 Å². The van der Waals surface area contributed by atoms with Gasteiger partial charge in [-0.25, -0.2) is 4.98 Å². The van der Waals surface area contributed by atoms with Crippen LogP contribution in [-0.4, -0.2) is 22.6 Å². The van der Waals surface area contributed by atoms with Gasteiger partial charge in [-0.15, -0.1) is 11.3 Å². The summed E-state index contributed by atoms with van der Waals surface area (Å²) in [5.41, 5.74) is 5.72. The Morgan fingerprint density at radius 2 is 1.76 bits per heavy atom. The standard InChI is InChI=1S/C30H25N3O2S2/c1-20-10-15-26-27(18-20)37-29(32-26)22-11-13-24(14-12-22)31-30(36)33-28(34)23-8-5-9-25(19-23)35-17-16-21-6-3-2-4-7-21/h2-15,18-19H,16-17H2,1H3,(H2,31,33,34,36). The number of hydrogen-bond acceptors (Lipinski definition) is 5. The van der Waals surface area contributed by atoms with E-state index in [-0.39, 0.29) is 11.0 Å². The number of fused-ring (bicyclic) bond motifs is 1. The van der Waals surface area contributed by atoms with Gasteiger partial charge in [0.15, 0.2) is 5.11 Å². The molecule has 1 aromatic heterocycles. The first-order valence-electron chi connectivity index (χ1n) is 11.9. The van der Waals surface area contributed by atoms with Gasteiger partial charge in [0.2, 0.25) is 0 Å². The van der Waals surface area contributed by atoms with Gasteiger partial charge in [-0.1, -0.05) is 42.5 Å². The van der Waals surface area contributed by atoms with Crippen LogP contribution in [0.1, 0.15) is 21.5 Å². The van der Waals surface area contributed by atoms with Gasteiger partial charge in [0.05, 0.1) is 16.8 Å². The van der Waals surface area contributed by atoms with Gasteiger partial charge in [0, 0.05) is 23.2 Å². The summed E-state index contributed by atoms with van der Waals surface area (Å²) in [6.45, 7) is 2.61. The maximum Gasteiger partial charge on any atom is 0.257 e. The van der Waals surface area contributed by atoms with E-state index in [1.165, 1.54) is 15.8 Å². The molecule has 5 rings (SSSR count). The first kappa shape index (κ1) is 24.6. The van der Waals surface area contributed by atoms with E-state index in [0.29, 0.717) is 17.9 Å². The number of nitrogens with one attached hydrogen (secondary N) is 2. The topological polar surface area (TPSA) is 63.2 Å². The van der Waals surface area contributed by atoms with Crippen LogP contribution in [0.3, 0.4) is 0 Å². The molecule has 0 aliphatic heterocycles. The fourth-order valence-corrected chi connectivity index (χ4v) is 5.13. The molecule has 0 aliphatic carbocycles. The van der Waals surface area contributed by atoms with Crippen molar-refractivity contribution >= 4 is 50.5 Å². The lowest BCUT2D eigenvalue weighted by Crippen LogP contribution is -2.34. The van der Waals surface area contributed by atoms with Gasteiger partial charge < -0.3 is 10.1 Å². The van der Waals surface area contributed by atoms with Crippen molar-refractivity contribution in [3.05, 3.63) is 114 Å². The molecule has 0 aliphatic rings. The lowest BCUT2D eigenvalue weighted by Gasteiger charge is -2.11. The number of hydrogen-bond donors (Lipinski definition) is 2. The molecule has 5 nitrogen and oxygen atoms in total. The fourth-order valence-electron chi connectivity index (χ4n) is 3.85. The molecular weight excluding hydrogens is 498 g/mol. The first-order chi connectivity index (χ1) is 18.0. The van der Waals surface area contributed by atoms with Crippen LogP contribution in [0.15, 0.2) is 97.1 Å². The zero-order chi connectivity index (χ0) is 25.6. The highest BCUT2D eigenvalue weighted by Crippen LogP contribution is 2.31. The summed E-state index contributed by atoms with van der Waals surface area (Å²) in [5.74, 6) is 0.343. The molecule has 0 bridgehead atoms. The third kappa shape index (κ3) is 6.39. The highest BCUT2D eigenvalue weighted by atomic mass is 32.1. The molecule has 184 valence electrons. The molecule has 0 fully saturated rings. The largest absolute Gasteiger partial charge is 0.493 e. The number of carbonyl (C=O) groups is 1. The summed E-state index contributed by atoms with van der Waals surface area (Å²) >= 11 is 7.04. The van der Waals surface area contributed by atoms with Crippen molar-refractivity contribution < 1.29 is 9.53 Å². The van der Waals surface area contributed by atoms with Crippen LogP contribution in [0.5, 0.6) is 5.75 Å². The minimum Gasteiger partial charge on any atom is -0.493 e. The molecule has 0 saturated heterocycles. The van der Waals surface area contributed by atoms with E-state index in [9.17, 15) is 4.79 Å². The van der Waals surface area contributed by atoms with Crippen molar-refractivity contribution in [1.82, 2.24) is 10.3 Å². The number of aromatic nitrogens is 1. The minimum absolute atomic E-state index is 0.226. The average molecular weight is 524 g/mol. The zero-order valence-corrected chi connectivity index (χ0v) is 21.9. The smallest absolute Gasteiger partial charge is 0.257 e. The van der Waals surface area contributed by atoms with Crippen molar-refractivity contribution in [1.29, 1.82) is 0 Å². The van der Waals surface area contributed by atoms with Crippen molar-refractivity contribution in [2.75, 3.05) is 11.9 Å². The first-order valence-corrected chi connectivity index (χ1v) is 13.1. The molecule has 37 heavy (non-hydrogen) atoms. The van der Waals surface area contributed by atoms with Gasteiger partial charge in [0.1, 0.15) is 10.8 Å². The predicted octanol–water partition coefficient (Wildman–Crippen LogP) is 7.02. The average Bonchev–Trinajstić information content (AvgIpc) is 3.33. The number of aryl methyl sites for hydroxylation is 1. The van der Waals surface area contributed by atoms with Crippen molar-refractivity contribution in [2.24, 2.45) is 0 Å². The third-order valence-electron chi connectivity index (χ3n) is 5.76. The lowest BCUT2D eigenvalue weighted by atomic mass is 10.2. The Bertz CT molecular complexity index is 1550. The van der Waals surface area contributed by atoms with E-state index in [4.69, 9.17) is 21.9 Å². The second-order valence-electron chi connectivity index (χ2n) is 8.59. The van der Waals surface area contributed by atoms with Gasteiger partial charge >= 0.3 is 0 Å². The number of rotatable bonds is 7. The molecule has 7 heteroatoms. The van der Waals surface area contributed by atoms with E-state index >= 15 is 0 Å². The number of amides is 1. The lowest BCUT2D eigenvalue weighted by molar-refractivity contribution is 0.0977. The Morgan fingerprint density at radius 3 is 2.57 bits per heavy atom. The number of ether oxygens (including phenoxy) is 1. The van der Waals surface area contributed by atoms with Crippen molar-refractivity contribution in [2.45, 2.75) is 13.3 Å². The second-order valence-corrected chi connectivity index (χ2v) is 10.0. The number of nitrogens with zero attached hydrogens (tertiary/aromatic N) is 1. The van der Waals surface area contributed by atoms with Gasteiger partial charge in [-0.2, -0.15) is 0 Å². The maximum atomic E-state index is 12.7. The van der Waals surface area contributed by atoms with E-state index in [0.717, 1.165) is 28.2 Å². The number of thiocarbonyl (C=S) groups is 1. The Kier molecular flexibility index (Phi) is 7.54. The third-order valence-corrected chi connectivity index (χ3v) is 7.03. The molecule has 0 saturated carbocycles. The monoisotopic (exact) mass is 523 g/mol. The van der Waals surface area contributed by atoms with Crippen LogP contribution in [0.2, 0.25) is 0 Å². The van der Waals surface area contributed by atoms with Crippen LogP contribution in [0.25, 0.3) is 20.8 Å². The Balaban J connectivity index is 1.15. The molecule has 1 amide bonds. The Hall–Kier alpha value is -4.07. The summed E-state index contributed by atoms with van der Waals surface area (Å²) in [6, 6.07) is 31.3. The summed E-state index contributed by atoms with van der Waals surface area (Å²) in [6.07, 6.45) is 0.794. The van der Waals surface area contributed by atoms with Crippen LogP contribution < -0.4 is 15.4 Å². The normalized spacial score (nSPS) is 10.7. The summed E-state index contributed by atoms with van der Waals surface area (Å²) in [5, 5.41) is 7.00. The maximum absolute atomic E-state index is 12.7. The Morgan fingerprint density at radius 1 is 0.946 bits per heavy atom. The molecular formula is C30H25N3O2S2. The highest BCUT2D eigenvalue weighted by Gasteiger charge is 2.11. The molecule has 2 N–H and O–H groups in total. The summed E-state index contributed by atoms with van der Waals surface area (Å²) in [4.78, 5) is 17.5. The SMILES string of the molecule is Cc1ccc2nc(-c3ccc(NC(=S)NC(=O)c4cccc(OCCc5ccccc5)c4)cc3)sc2c1. The molecule has 0 radical (unpaired) electrons. The number of thiazole rings is 1. The van der Waals surface area contributed by atoms with Crippen LogP contribution in [0, 0.1) is 6.92 Å². The van der Waals surface area contributed by atoms with Crippen molar-refractivity contribution in [3.63, 3.8) is 0 Å². The second kappa shape index (κ2) is 11.3. The quantitative estimate of drug-likeness (QED) is 0.225. The molecule has 1 heterocycles. The molecule has 0 unspecified atom stereocenters. The zero-order valence-electron chi connectivity index (χ0n) is 20.2. The molecule has 0 spiro atoms. The van der Waals surface area contributed by atoms with E-state index in [1.807, 2.05) is 54.6 Å². The van der Waals surface area contributed by atoms with E-state index in [2.05, 4.69) is 41.8 Å². The highest BCUT2D eigenvalue weighted by molar-refractivity contribution is 7.80. The number of carbonyl (C=O) groups excluding carboxylic acids is 1. The minimum atomic E-state index is -0.299.